The minimum absolute atomic E-state index is 0.144. The van der Waals surface area contributed by atoms with Crippen LogP contribution >= 0.6 is 0 Å². The molecule has 1 spiro atoms. The van der Waals surface area contributed by atoms with Crippen LogP contribution in [0.1, 0.15) is 32.1 Å². The molecule has 0 bridgehead atoms. The predicted molar refractivity (Wildman–Crippen MR) is 94.8 cm³/mol. The lowest BCUT2D eigenvalue weighted by atomic mass is 9.71. The van der Waals surface area contributed by atoms with Crippen molar-refractivity contribution in [1.29, 1.82) is 0 Å². The second-order valence-electron chi connectivity index (χ2n) is 6.97. The molecule has 1 fully saturated rings. The van der Waals surface area contributed by atoms with Crippen LogP contribution in [0.5, 0.6) is 0 Å². The average Bonchev–Trinajstić information content (AvgIpc) is 2.55. The van der Waals surface area contributed by atoms with Crippen LogP contribution in [0, 0.1) is 5.41 Å². The van der Waals surface area contributed by atoms with Crippen molar-refractivity contribution in [3.05, 3.63) is 36.4 Å². The summed E-state index contributed by atoms with van der Waals surface area (Å²) < 4.78 is 23.3. The maximum Gasteiger partial charge on any atom is 0.321 e. The maximum atomic E-state index is 12.6. The van der Waals surface area contributed by atoms with Gasteiger partial charge in [0.1, 0.15) is 0 Å². The molecule has 1 saturated heterocycles. The minimum Gasteiger partial charge on any atom is -0.324 e. The zero-order valence-corrected chi connectivity index (χ0v) is 14.8. The Morgan fingerprint density at radius 2 is 2.08 bits per heavy atom. The summed E-state index contributed by atoms with van der Waals surface area (Å²) in [4.78, 5) is 14.7. The molecule has 1 atom stereocenters. The molecule has 5 nitrogen and oxygen atoms in total. The molecule has 1 aliphatic carbocycles. The molecular weight excluding hydrogens is 324 g/mol. The highest BCUT2D eigenvalue weighted by Crippen LogP contribution is 2.40. The van der Waals surface area contributed by atoms with Crippen molar-refractivity contribution in [2.45, 2.75) is 37.0 Å². The van der Waals surface area contributed by atoms with Crippen molar-refractivity contribution in [1.82, 2.24) is 4.90 Å². The quantitative estimate of drug-likeness (QED) is 0.833. The zero-order chi connectivity index (χ0) is 17.2. The molecule has 1 aromatic rings. The lowest BCUT2D eigenvalue weighted by Crippen LogP contribution is -2.48. The van der Waals surface area contributed by atoms with Gasteiger partial charge in [0.15, 0.2) is 9.84 Å². The first-order chi connectivity index (χ1) is 11.4. The van der Waals surface area contributed by atoms with Crippen molar-refractivity contribution in [3.8, 4) is 0 Å². The molecule has 1 unspecified atom stereocenters. The monoisotopic (exact) mass is 348 g/mol. The van der Waals surface area contributed by atoms with Crippen LogP contribution < -0.4 is 5.32 Å². The fourth-order valence-corrected chi connectivity index (χ4v) is 4.37. The Bertz CT molecular complexity index is 757. The average molecular weight is 348 g/mol. The summed E-state index contributed by atoms with van der Waals surface area (Å²) in [6.45, 7) is 1.53. The molecule has 1 N–H and O–H groups in total. The fraction of sp³-hybridized carbons (Fsp3) is 0.500. The van der Waals surface area contributed by atoms with Gasteiger partial charge in [0.25, 0.3) is 0 Å². The third-order valence-corrected chi connectivity index (χ3v) is 6.13. The van der Waals surface area contributed by atoms with Crippen LogP contribution in [-0.2, 0) is 9.84 Å². The number of rotatable bonds is 2. The van der Waals surface area contributed by atoms with Gasteiger partial charge >= 0.3 is 6.03 Å². The lowest BCUT2D eigenvalue weighted by molar-refractivity contribution is 0.102. The van der Waals surface area contributed by atoms with E-state index >= 15 is 0 Å². The van der Waals surface area contributed by atoms with Crippen molar-refractivity contribution in [3.63, 3.8) is 0 Å². The number of sulfone groups is 1. The number of hydrogen-bond donors (Lipinski definition) is 1. The Kier molecular flexibility index (Phi) is 4.67. The Morgan fingerprint density at radius 1 is 1.25 bits per heavy atom. The van der Waals surface area contributed by atoms with E-state index in [1.54, 1.807) is 12.1 Å². The van der Waals surface area contributed by atoms with Crippen molar-refractivity contribution in [2.24, 2.45) is 5.41 Å². The molecule has 2 amide bonds. The molecular formula is C18H24N2O3S. The number of nitrogens with zero attached hydrogens (tertiary/aromatic N) is 1. The highest BCUT2D eigenvalue weighted by molar-refractivity contribution is 7.90. The second kappa shape index (κ2) is 6.59. The predicted octanol–water partition coefficient (Wildman–Crippen LogP) is 3.44. The van der Waals surface area contributed by atoms with Gasteiger partial charge in [0.2, 0.25) is 0 Å². The molecule has 1 aromatic carbocycles. The number of carbonyl (C=O) groups excluding carboxylic acids is 1. The van der Waals surface area contributed by atoms with Gasteiger partial charge in [-0.2, -0.15) is 0 Å². The lowest BCUT2D eigenvalue weighted by Gasteiger charge is -2.43. The zero-order valence-electron chi connectivity index (χ0n) is 14.0. The van der Waals surface area contributed by atoms with Crippen LogP contribution in [-0.4, -0.2) is 38.7 Å². The number of piperidine rings is 1. The summed E-state index contributed by atoms with van der Waals surface area (Å²) in [7, 11) is -3.28. The molecule has 6 heteroatoms. The van der Waals surface area contributed by atoms with Gasteiger partial charge in [-0.15, -0.1) is 0 Å². The van der Waals surface area contributed by atoms with Crippen molar-refractivity contribution >= 4 is 21.6 Å². The van der Waals surface area contributed by atoms with Crippen molar-refractivity contribution in [2.75, 3.05) is 24.7 Å². The fourth-order valence-electron chi connectivity index (χ4n) is 3.70. The first-order valence-electron chi connectivity index (χ1n) is 8.39. The van der Waals surface area contributed by atoms with E-state index in [0.29, 0.717) is 5.69 Å². The van der Waals surface area contributed by atoms with Crippen LogP contribution in [0.2, 0.25) is 0 Å². The van der Waals surface area contributed by atoms with Gasteiger partial charge in [-0.05, 0) is 55.7 Å². The first kappa shape index (κ1) is 17.0. The summed E-state index contributed by atoms with van der Waals surface area (Å²) in [5, 5.41) is 2.85. The molecule has 1 aliphatic heterocycles. The number of nitrogens with one attached hydrogen (secondary N) is 1. The van der Waals surface area contributed by atoms with Crippen LogP contribution in [0.4, 0.5) is 10.5 Å². The third kappa shape index (κ3) is 3.80. The van der Waals surface area contributed by atoms with E-state index in [4.69, 9.17) is 0 Å². The Morgan fingerprint density at radius 3 is 2.79 bits per heavy atom. The second-order valence-corrected chi connectivity index (χ2v) is 8.99. The van der Waals surface area contributed by atoms with E-state index in [1.807, 2.05) is 4.90 Å². The first-order valence-corrected chi connectivity index (χ1v) is 10.3. The van der Waals surface area contributed by atoms with Crippen LogP contribution in [0.3, 0.4) is 0 Å². The van der Waals surface area contributed by atoms with E-state index in [-0.39, 0.29) is 16.3 Å². The molecule has 3 rings (SSSR count). The maximum absolute atomic E-state index is 12.6. The van der Waals surface area contributed by atoms with Gasteiger partial charge in [-0.3, -0.25) is 0 Å². The summed E-state index contributed by atoms with van der Waals surface area (Å²) in [5.41, 5.74) is 0.741. The molecule has 0 aromatic heterocycles. The highest BCUT2D eigenvalue weighted by Gasteiger charge is 2.36. The standard InChI is InChI=1S/C18H24N2O3S/c1-24(22,23)16-8-5-7-15(13-16)19-17(21)20-12-6-11-18(14-20)9-3-2-4-10-18/h2-3,5,7-8,13H,4,6,9-12,14H2,1H3,(H,19,21). The minimum atomic E-state index is -3.28. The number of urea groups is 1. The van der Waals surface area contributed by atoms with Crippen molar-refractivity contribution < 1.29 is 13.2 Å². The Balaban J connectivity index is 1.70. The van der Waals surface area contributed by atoms with Crippen LogP contribution in [0.15, 0.2) is 41.3 Å². The number of carbonyl (C=O) groups is 1. The van der Waals surface area contributed by atoms with Gasteiger partial charge < -0.3 is 10.2 Å². The van der Waals surface area contributed by atoms with E-state index < -0.39 is 9.84 Å². The summed E-state index contributed by atoms with van der Waals surface area (Å²) in [6, 6.07) is 6.27. The van der Waals surface area contributed by atoms with E-state index in [1.165, 1.54) is 24.8 Å². The highest BCUT2D eigenvalue weighted by atomic mass is 32.2. The number of amides is 2. The molecule has 24 heavy (non-hydrogen) atoms. The molecule has 0 radical (unpaired) electrons. The number of benzene rings is 1. The number of hydrogen-bond acceptors (Lipinski definition) is 3. The Hall–Kier alpha value is -1.82. The Labute approximate surface area is 143 Å². The summed E-state index contributed by atoms with van der Waals surface area (Å²) in [5.74, 6) is 0. The van der Waals surface area contributed by atoms with Gasteiger partial charge in [0, 0.05) is 25.0 Å². The molecule has 2 aliphatic rings. The third-order valence-electron chi connectivity index (χ3n) is 5.02. The number of likely N-dealkylation sites (tertiary alicyclic amines) is 1. The molecule has 1 heterocycles. The van der Waals surface area contributed by atoms with Gasteiger partial charge in [-0.25, -0.2) is 13.2 Å². The van der Waals surface area contributed by atoms with Gasteiger partial charge in [-0.1, -0.05) is 18.2 Å². The van der Waals surface area contributed by atoms with E-state index in [9.17, 15) is 13.2 Å². The summed E-state index contributed by atoms with van der Waals surface area (Å²) in [6.07, 6.45) is 11.1. The molecule has 0 saturated carbocycles. The largest absolute Gasteiger partial charge is 0.324 e. The van der Waals surface area contributed by atoms with Gasteiger partial charge in [0.05, 0.1) is 4.90 Å². The normalized spacial score (nSPS) is 24.1. The molecule has 130 valence electrons. The van der Waals surface area contributed by atoms with E-state index in [2.05, 4.69) is 17.5 Å². The summed E-state index contributed by atoms with van der Waals surface area (Å²) >= 11 is 0. The topological polar surface area (TPSA) is 66.5 Å². The number of anilines is 1. The smallest absolute Gasteiger partial charge is 0.321 e. The SMILES string of the molecule is CS(=O)(=O)c1cccc(NC(=O)N2CCCC3(CC=CCC3)C2)c1. The van der Waals surface area contributed by atoms with Crippen LogP contribution in [0.25, 0.3) is 0 Å². The number of allylic oxidation sites excluding steroid dienone is 2. The van der Waals surface area contributed by atoms with E-state index in [0.717, 1.165) is 38.8 Å².